The number of anilines is 1. The van der Waals surface area contributed by atoms with Crippen LogP contribution in [0.5, 0.6) is 0 Å². The number of nitrogens with two attached hydrogens (primary N) is 1. The zero-order valence-electron chi connectivity index (χ0n) is 9.49. The van der Waals surface area contributed by atoms with Crippen molar-refractivity contribution in [3.63, 3.8) is 0 Å². The molecule has 3 N–H and O–H groups in total. The zero-order valence-corrected chi connectivity index (χ0v) is 11.8. The van der Waals surface area contributed by atoms with Crippen LogP contribution in [-0.4, -0.2) is 12.1 Å². The molecule has 1 aromatic rings. The summed E-state index contributed by atoms with van der Waals surface area (Å²) in [5, 5.41) is 4.55. The molecule has 18 heavy (non-hydrogen) atoms. The van der Waals surface area contributed by atoms with Gasteiger partial charge in [-0.1, -0.05) is 23.2 Å². The van der Waals surface area contributed by atoms with Gasteiger partial charge >= 0.3 is 0 Å². The highest BCUT2D eigenvalue weighted by atomic mass is 35.5. The third-order valence-electron chi connectivity index (χ3n) is 3.27. The van der Waals surface area contributed by atoms with Crippen LogP contribution in [0.3, 0.4) is 0 Å². The molecule has 96 valence electrons. The first kappa shape index (κ1) is 12.4. The predicted octanol–water partition coefficient (Wildman–Crippen LogP) is 4.01. The first-order valence-corrected chi connectivity index (χ1v) is 7.26. The van der Waals surface area contributed by atoms with Gasteiger partial charge < -0.3 is 11.1 Å². The van der Waals surface area contributed by atoms with Crippen LogP contribution in [0.25, 0.3) is 0 Å². The Hall–Kier alpha value is -0.620. The van der Waals surface area contributed by atoms with Crippen molar-refractivity contribution < 1.29 is 0 Å². The van der Waals surface area contributed by atoms with Crippen LogP contribution in [-0.2, 0) is 11.4 Å². The van der Waals surface area contributed by atoms with E-state index < -0.39 is 0 Å². The van der Waals surface area contributed by atoms with Gasteiger partial charge in [-0.25, -0.2) is 0 Å². The van der Waals surface area contributed by atoms with Crippen molar-refractivity contribution in [1.82, 2.24) is 0 Å². The lowest BCUT2D eigenvalue weighted by atomic mass is 10.2. The number of rotatable bonds is 2. The number of hydrogen-bond donors (Lipinski definition) is 2. The minimum atomic E-state index is 0.276. The van der Waals surface area contributed by atoms with E-state index in [1.807, 2.05) is 0 Å². The average Bonchev–Trinajstić information content (AvgIpc) is 2.93. The molecule has 1 aliphatic carbocycles. The highest BCUT2D eigenvalue weighted by molar-refractivity contribution is 7.58. The Balaban J connectivity index is 1.93. The molecule has 1 aliphatic heterocycles. The van der Waals surface area contributed by atoms with Gasteiger partial charge in [-0.2, -0.15) is 8.73 Å². The van der Waals surface area contributed by atoms with Gasteiger partial charge in [-0.05, 0) is 25.3 Å². The van der Waals surface area contributed by atoms with E-state index in [2.05, 4.69) is 14.0 Å². The van der Waals surface area contributed by atoms with E-state index in [1.54, 1.807) is 6.07 Å². The highest BCUT2D eigenvalue weighted by Crippen LogP contribution is 2.48. The van der Waals surface area contributed by atoms with E-state index in [9.17, 15) is 0 Å². The summed E-state index contributed by atoms with van der Waals surface area (Å²) < 4.78 is 8.45. The fourth-order valence-electron chi connectivity index (χ4n) is 2.36. The van der Waals surface area contributed by atoms with Gasteiger partial charge in [-0.15, -0.1) is 0 Å². The SMILES string of the molecule is NC1CCC(Nc2c(Cl)cc(Cl)c3c2N=S=N3)C1. The van der Waals surface area contributed by atoms with Crippen molar-refractivity contribution in [2.75, 3.05) is 5.32 Å². The van der Waals surface area contributed by atoms with E-state index in [-0.39, 0.29) is 6.04 Å². The first-order chi connectivity index (χ1) is 8.65. The molecule has 4 nitrogen and oxygen atoms in total. The third kappa shape index (κ3) is 2.16. The smallest absolute Gasteiger partial charge is 0.130 e. The predicted molar refractivity (Wildman–Crippen MR) is 77.2 cm³/mol. The second-order valence-electron chi connectivity index (χ2n) is 4.59. The second kappa shape index (κ2) is 4.81. The molecule has 1 saturated carbocycles. The summed E-state index contributed by atoms with van der Waals surface area (Å²) in [5.74, 6) is 0. The van der Waals surface area contributed by atoms with Crippen LogP contribution >= 0.6 is 23.2 Å². The van der Waals surface area contributed by atoms with Crippen LogP contribution in [0, 0.1) is 0 Å². The van der Waals surface area contributed by atoms with Gasteiger partial charge in [0.15, 0.2) is 0 Å². The molecule has 1 fully saturated rings. The van der Waals surface area contributed by atoms with Crippen LogP contribution in [0.1, 0.15) is 19.3 Å². The quantitative estimate of drug-likeness (QED) is 0.880. The van der Waals surface area contributed by atoms with Gasteiger partial charge in [-0.3, -0.25) is 0 Å². The lowest BCUT2D eigenvalue weighted by Gasteiger charge is -2.17. The molecule has 0 amide bonds. The van der Waals surface area contributed by atoms with Crippen LogP contribution in [0.2, 0.25) is 10.0 Å². The minimum Gasteiger partial charge on any atom is -0.379 e. The molecule has 2 atom stereocenters. The molecule has 1 heterocycles. The van der Waals surface area contributed by atoms with Gasteiger partial charge in [0.05, 0.1) is 27.1 Å². The molecule has 2 unspecified atom stereocenters. The maximum Gasteiger partial charge on any atom is 0.130 e. The summed E-state index contributed by atoms with van der Waals surface area (Å²) >= 11 is 13.5. The molecule has 7 heteroatoms. The first-order valence-electron chi connectivity index (χ1n) is 5.77. The Labute approximate surface area is 119 Å². The van der Waals surface area contributed by atoms with Crippen LogP contribution < -0.4 is 11.1 Å². The van der Waals surface area contributed by atoms with Crippen LogP contribution in [0.15, 0.2) is 14.8 Å². The minimum absolute atomic E-state index is 0.276. The van der Waals surface area contributed by atoms with Gasteiger partial charge in [0.1, 0.15) is 11.4 Å². The summed E-state index contributed by atoms with van der Waals surface area (Å²) in [6.07, 6.45) is 3.05. The lowest BCUT2D eigenvalue weighted by Crippen LogP contribution is -2.20. The summed E-state index contributed by atoms with van der Waals surface area (Å²) in [4.78, 5) is 0. The molecule has 1 aromatic carbocycles. The Morgan fingerprint density at radius 3 is 2.72 bits per heavy atom. The maximum atomic E-state index is 6.24. The Morgan fingerprint density at radius 1 is 1.22 bits per heavy atom. The van der Waals surface area contributed by atoms with E-state index in [1.165, 1.54) is 0 Å². The number of nitrogens with one attached hydrogen (secondary N) is 1. The Morgan fingerprint density at radius 2 is 2.00 bits per heavy atom. The maximum absolute atomic E-state index is 6.24. The lowest BCUT2D eigenvalue weighted by molar-refractivity contribution is 0.688. The molecule has 0 saturated heterocycles. The van der Waals surface area contributed by atoms with Crippen molar-refractivity contribution >= 4 is 51.6 Å². The molecule has 0 bridgehead atoms. The monoisotopic (exact) mass is 302 g/mol. The summed E-state index contributed by atoms with van der Waals surface area (Å²) in [6.45, 7) is 0. The fraction of sp³-hybridized carbons (Fsp3) is 0.455. The van der Waals surface area contributed by atoms with Crippen molar-refractivity contribution in [2.24, 2.45) is 14.5 Å². The van der Waals surface area contributed by atoms with E-state index in [4.69, 9.17) is 28.9 Å². The Bertz CT molecular complexity index is 569. The Kier molecular flexibility index (Phi) is 3.32. The summed E-state index contributed by atoms with van der Waals surface area (Å²) in [6, 6.07) is 2.34. The molecular weight excluding hydrogens is 291 g/mol. The number of benzene rings is 1. The number of fused-ring (bicyclic) bond motifs is 1. The van der Waals surface area contributed by atoms with Crippen molar-refractivity contribution in [2.45, 2.75) is 31.3 Å². The average molecular weight is 303 g/mol. The third-order valence-corrected chi connectivity index (χ3v) is 4.38. The normalized spacial score (nSPS) is 25.1. The van der Waals surface area contributed by atoms with E-state index in [0.29, 0.717) is 21.8 Å². The van der Waals surface area contributed by atoms with Gasteiger partial charge in [0.2, 0.25) is 0 Å². The van der Waals surface area contributed by atoms with Crippen molar-refractivity contribution in [3.8, 4) is 0 Å². The van der Waals surface area contributed by atoms with Crippen molar-refractivity contribution in [3.05, 3.63) is 16.1 Å². The van der Waals surface area contributed by atoms with Gasteiger partial charge in [0, 0.05) is 12.1 Å². The van der Waals surface area contributed by atoms with Gasteiger partial charge in [0.25, 0.3) is 0 Å². The summed E-state index contributed by atoms with van der Waals surface area (Å²) in [7, 11) is 0. The standard InChI is InChI=1S/C11H12Cl2N4S/c12-7-4-8(13)10-11(17-18-16-10)9(7)15-6-2-1-5(14)3-6/h4-6,15H,1-3,14H2. The summed E-state index contributed by atoms with van der Waals surface area (Å²) in [5.41, 5.74) is 8.19. The number of nitrogens with zero attached hydrogens (tertiary/aromatic N) is 2. The van der Waals surface area contributed by atoms with E-state index in [0.717, 1.165) is 42.0 Å². The van der Waals surface area contributed by atoms with Crippen LogP contribution in [0.4, 0.5) is 17.1 Å². The topological polar surface area (TPSA) is 62.8 Å². The second-order valence-corrected chi connectivity index (χ2v) is 5.93. The zero-order chi connectivity index (χ0) is 12.7. The molecule has 3 rings (SSSR count). The highest BCUT2D eigenvalue weighted by Gasteiger charge is 2.25. The number of hydrogen-bond acceptors (Lipinski definition) is 4. The largest absolute Gasteiger partial charge is 0.379 e. The fourth-order valence-corrected chi connectivity index (χ4v) is 3.53. The molecule has 2 aliphatic rings. The molecule has 0 spiro atoms. The molecule has 0 radical (unpaired) electrons. The molecule has 0 aromatic heterocycles. The van der Waals surface area contributed by atoms with E-state index >= 15 is 0 Å². The number of halogens is 2. The molecular formula is C11H12Cl2N4S. The van der Waals surface area contributed by atoms with Crippen molar-refractivity contribution in [1.29, 1.82) is 0 Å².